The Hall–Kier alpha value is -2.41. The molecule has 1 aliphatic rings. The molecule has 0 spiro atoms. The second-order valence-electron chi connectivity index (χ2n) is 9.21. The van der Waals surface area contributed by atoms with Crippen molar-refractivity contribution in [1.29, 1.82) is 0 Å². The summed E-state index contributed by atoms with van der Waals surface area (Å²) < 4.78 is 14.8. The van der Waals surface area contributed by atoms with Crippen molar-refractivity contribution in [2.75, 3.05) is 0 Å². The fourth-order valence-corrected chi connectivity index (χ4v) is 5.21. The van der Waals surface area contributed by atoms with Crippen molar-refractivity contribution in [3.8, 4) is 11.1 Å². The van der Waals surface area contributed by atoms with E-state index in [0.717, 1.165) is 40.7 Å². The van der Waals surface area contributed by atoms with E-state index in [1.165, 1.54) is 49.7 Å². The van der Waals surface area contributed by atoms with Gasteiger partial charge in [0.1, 0.15) is 5.82 Å². The molecule has 0 aromatic heterocycles. The summed E-state index contributed by atoms with van der Waals surface area (Å²) in [5, 5.41) is 1.72. The summed E-state index contributed by atoms with van der Waals surface area (Å²) in [5.41, 5.74) is 4.67. The molecule has 31 heavy (non-hydrogen) atoms. The fraction of sp³-hybridized carbons (Fsp3) is 0.400. The molecular weight excluding hydrogens is 379 g/mol. The van der Waals surface area contributed by atoms with Gasteiger partial charge >= 0.3 is 0 Å². The topological polar surface area (TPSA) is 0 Å². The van der Waals surface area contributed by atoms with Crippen LogP contribution in [0.15, 0.2) is 66.7 Å². The highest BCUT2D eigenvalue weighted by Crippen LogP contribution is 2.38. The highest BCUT2D eigenvalue weighted by Gasteiger charge is 2.21. The highest BCUT2D eigenvalue weighted by molar-refractivity contribution is 5.88. The number of hydrogen-bond donors (Lipinski definition) is 0. The predicted octanol–water partition coefficient (Wildman–Crippen LogP) is 9.23. The van der Waals surface area contributed by atoms with Gasteiger partial charge in [-0.25, -0.2) is 4.39 Å². The fourth-order valence-electron chi connectivity index (χ4n) is 5.21. The molecule has 1 fully saturated rings. The molecule has 0 atom stereocenters. The maximum absolute atomic E-state index is 14.8. The number of hydrogen-bond acceptors (Lipinski definition) is 0. The zero-order chi connectivity index (χ0) is 21.6. The Morgan fingerprint density at radius 3 is 2.35 bits per heavy atom. The summed E-state index contributed by atoms with van der Waals surface area (Å²) in [7, 11) is 0. The van der Waals surface area contributed by atoms with Crippen LogP contribution in [0.3, 0.4) is 0 Å². The Bertz CT molecular complexity index is 1020. The Balaban J connectivity index is 1.44. The van der Waals surface area contributed by atoms with Gasteiger partial charge in [-0.05, 0) is 97.4 Å². The standard InChI is InChI=1S/C30H35F/c1-3-5-6-8-22-9-11-23(12-10-22)24-13-15-25(16-14-24)27-19-20-29-28(21-27)18-17-26(7-4-2)30(29)31/h3,5,13-23H,4,6-12H2,1-2H3/b5-3+. The van der Waals surface area contributed by atoms with E-state index in [-0.39, 0.29) is 5.82 Å². The van der Waals surface area contributed by atoms with E-state index in [4.69, 9.17) is 0 Å². The first-order valence-electron chi connectivity index (χ1n) is 12.1. The maximum atomic E-state index is 14.8. The minimum absolute atomic E-state index is 0.0532. The van der Waals surface area contributed by atoms with Crippen LogP contribution in [-0.4, -0.2) is 0 Å². The van der Waals surface area contributed by atoms with Gasteiger partial charge in [0, 0.05) is 5.39 Å². The van der Waals surface area contributed by atoms with Crippen LogP contribution >= 0.6 is 0 Å². The number of halogens is 1. The van der Waals surface area contributed by atoms with Crippen LogP contribution in [0.2, 0.25) is 0 Å². The lowest BCUT2D eigenvalue weighted by Crippen LogP contribution is -2.13. The third-order valence-corrected chi connectivity index (χ3v) is 7.09. The van der Waals surface area contributed by atoms with Gasteiger partial charge in [-0.15, -0.1) is 0 Å². The van der Waals surface area contributed by atoms with Gasteiger partial charge in [0.2, 0.25) is 0 Å². The average Bonchev–Trinajstić information content (AvgIpc) is 2.82. The first-order chi connectivity index (χ1) is 15.2. The molecule has 0 radical (unpaired) electrons. The second kappa shape index (κ2) is 10.3. The van der Waals surface area contributed by atoms with Crippen molar-refractivity contribution in [1.82, 2.24) is 0 Å². The normalized spacial score (nSPS) is 19.3. The third-order valence-electron chi connectivity index (χ3n) is 7.09. The van der Waals surface area contributed by atoms with E-state index >= 15 is 0 Å². The molecule has 3 aromatic rings. The van der Waals surface area contributed by atoms with E-state index in [0.29, 0.717) is 5.92 Å². The molecule has 0 amide bonds. The molecule has 1 aliphatic carbocycles. The molecule has 1 heteroatoms. The Morgan fingerprint density at radius 1 is 0.903 bits per heavy atom. The summed E-state index contributed by atoms with van der Waals surface area (Å²) in [6.45, 7) is 4.20. The summed E-state index contributed by atoms with van der Waals surface area (Å²) in [5.74, 6) is 1.56. The first-order valence-corrected chi connectivity index (χ1v) is 12.1. The Kier molecular flexibility index (Phi) is 7.22. The molecular formula is C30H35F. The number of rotatable bonds is 7. The van der Waals surface area contributed by atoms with E-state index in [2.05, 4.69) is 68.5 Å². The molecule has 162 valence electrons. The molecule has 0 saturated heterocycles. The van der Waals surface area contributed by atoms with Crippen LogP contribution < -0.4 is 0 Å². The van der Waals surface area contributed by atoms with Crippen LogP contribution in [0.1, 0.15) is 75.8 Å². The van der Waals surface area contributed by atoms with Gasteiger partial charge in [-0.1, -0.05) is 74.0 Å². The SMILES string of the molecule is C/C=C/CCC1CCC(c2ccc(-c3ccc4c(F)c(CCC)ccc4c3)cc2)CC1. The van der Waals surface area contributed by atoms with Crippen LogP contribution in [0.4, 0.5) is 4.39 Å². The summed E-state index contributed by atoms with van der Waals surface area (Å²) >= 11 is 0. The van der Waals surface area contributed by atoms with Gasteiger partial charge in [0.05, 0.1) is 0 Å². The van der Waals surface area contributed by atoms with Gasteiger partial charge in [-0.3, -0.25) is 0 Å². The van der Waals surface area contributed by atoms with Crippen LogP contribution in [0.25, 0.3) is 21.9 Å². The van der Waals surface area contributed by atoms with Gasteiger partial charge < -0.3 is 0 Å². The summed E-state index contributed by atoms with van der Waals surface area (Å²) in [6, 6.07) is 19.3. The number of allylic oxidation sites excluding steroid dienone is 2. The second-order valence-corrected chi connectivity index (χ2v) is 9.21. The molecule has 0 unspecified atom stereocenters. The van der Waals surface area contributed by atoms with E-state index in [1.54, 1.807) is 0 Å². The minimum Gasteiger partial charge on any atom is -0.206 e. The van der Waals surface area contributed by atoms with Crippen molar-refractivity contribution in [3.05, 3.63) is 83.7 Å². The number of benzene rings is 3. The number of aryl methyl sites for hydroxylation is 1. The summed E-state index contributed by atoms with van der Waals surface area (Å²) in [6.07, 6.45) is 14.2. The highest BCUT2D eigenvalue weighted by atomic mass is 19.1. The smallest absolute Gasteiger partial charge is 0.134 e. The molecule has 0 heterocycles. The quantitative estimate of drug-likeness (QED) is 0.338. The lowest BCUT2D eigenvalue weighted by Gasteiger charge is -2.28. The molecule has 4 rings (SSSR count). The zero-order valence-corrected chi connectivity index (χ0v) is 19.0. The molecule has 0 N–H and O–H groups in total. The van der Waals surface area contributed by atoms with Crippen molar-refractivity contribution in [2.45, 2.75) is 71.1 Å². The third kappa shape index (κ3) is 5.09. The van der Waals surface area contributed by atoms with Crippen molar-refractivity contribution < 1.29 is 4.39 Å². The molecule has 3 aromatic carbocycles. The maximum Gasteiger partial charge on any atom is 0.134 e. The van der Waals surface area contributed by atoms with Gasteiger partial charge in [0.15, 0.2) is 0 Å². The lowest BCUT2D eigenvalue weighted by molar-refractivity contribution is 0.312. The van der Waals surface area contributed by atoms with Gasteiger partial charge in [0.25, 0.3) is 0 Å². The monoisotopic (exact) mass is 414 g/mol. The predicted molar refractivity (Wildman–Crippen MR) is 132 cm³/mol. The van der Waals surface area contributed by atoms with Crippen molar-refractivity contribution >= 4 is 10.8 Å². The molecule has 1 saturated carbocycles. The van der Waals surface area contributed by atoms with Crippen molar-refractivity contribution in [2.24, 2.45) is 5.92 Å². The average molecular weight is 415 g/mol. The van der Waals surface area contributed by atoms with E-state index in [9.17, 15) is 4.39 Å². The van der Waals surface area contributed by atoms with E-state index < -0.39 is 0 Å². The lowest BCUT2D eigenvalue weighted by atomic mass is 9.77. The Morgan fingerprint density at radius 2 is 1.65 bits per heavy atom. The Labute approximate surface area is 187 Å². The summed E-state index contributed by atoms with van der Waals surface area (Å²) in [4.78, 5) is 0. The van der Waals surface area contributed by atoms with Crippen LogP contribution in [0.5, 0.6) is 0 Å². The molecule has 0 aliphatic heterocycles. The molecule has 0 nitrogen and oxygen atoms in total. The largest absolute Gasteiger partial charge is 0.206 e. The molecule has 0 bridgehead atoms. The zero-order valence-electron chi connectivity index (χ0n) is 19.0. The number of fused-ring (bicyclic) bond motifs is 1. The minimum atomic E-state index is -0.0532. The van der Waals surface area contributed by atoms with E-state index in [1.807, 2.05) is 12.1 Å². The van der Waals surface area contributed by atoms with Gasteiger partial charge in [-0.2, -0.15) is 0 Å². The van der Waals surface area contributed by atoms with Crippen LogP contribution in [0, 0.1) is 11.7 Å². The van der Waals surface area contributed by atoms with Crippen LogP contribution in [-0.2, 0) is 6.42 Å². The van der Waals surface area contributed by atoms with Crippen molar-refractivity contribution in [3.63, 3.8) is 0 Å². The first kappa shape index (κ1) is 21.8.